The fourth-order valence-corrected chi connectivity index (χ4v) is 3.20. The molecule has 0 bridgehead atoms. The van der Waals surface area contributed by atoms with Crippen LogP contribution in [0.2, 0.25) is 5.02 Å². The van der Waals surface area contributed by atoms with Gasteiger partial charge in [-0.05, 0) is 36.4 Å². The van der Waals surface area contributed by atoms with E-state index in [0.717, 1.165) is 4.90 Å². The minimum Gasteiger partial charge on any atom is -0.467 e. The van der Waals surface area contributed by atoms with E-state index < -0.39 is 22.8 Å². The maximum atomic E-state index is 12.7. The van der Waals surface area contributed by atoms with E-state index >= 15 is 0 Å². The number of benzene rings is 1. The number of nitrogens with one attached hydrogen (secondary N) is 1. The van der Waals surface area contributed by atoms with Gasteiger partial charge >= 0.3 is 6.03 Å². The summed E-state index contributed by atoms with van der Waals surface area (Å²) in [5.41, 5.74) is -0.0822. The van der Waals surface area contributed by atoms with E-state index in [-0.39, 0.29) is 34.3 Å². The fraction of sp³-hybridized carbons (Fsp3) is 0.0500. The summed E-state index contributed by atoms with van der Waals surface area (Å²) < 4.78 is 10.8. The topological polar surface area (TPSA) is 136 Å². The number of carbonyl (C=O) groups excluding carboxylic acids is 3. The van der Waals surface area contributed by atoms with Gasteiger partial charge in [0.15, 0.2) is 0 Å². The van der Waals surface area contributed by atoms with Gasteiger partial charge in [-0.15, -0.1) is 0 Å². The number of nitro groups is 1. The van der Waals surface area contributed by atoms with Crippen molar-refractivity contribution in [2.24, 2.45) is 0 Å². The van der Waals surface area contributed by atoms with Gasteiger partial charge in [0.2, 0.25) is 0 Å². The molecule has 1 aromatic carbocycles. The molecule has 1 N–H and O–H groups in total. The molecule has 4 amide bonds. The predicted octanol–water partition coefficient (Wildman–Crippen LogP) is 3.76. The molecule has 0 atom stereocenters. The number of nitrogens with zero attached hydrogens (tertiary/aromatic N) is 2. The molecule has 3 aromatic rings. The summed E-state index contributed by atoms with van der Waals surface area (Å²) in [4.78, 5) is 48.1. The summed E-state index contributed by atoms with van der Waals surface area (Å²) in [6, 6.07) is 9.26. The summed E-state index contributed by atoms with van der Waals surface area (Å²) in [6.45, 7) is -0.149. The van der Waals surface area contributed by atoms with Gasteiger partial charge in [-0.2, -0.15) is 0 Å². The van der Waals surface area contributed by atoms with Gasteiger partial charge in [-0.3, -0.25) is 29.9 Å². The molecule has 4 rings (SSSR count). The molecule has 1 saturated heterocycles. The molecule has 3 heterocycles. The van der Waals surface area contributed by atoms with Gasteiger partial charge in [0, 0.05) is 17.7 Å². The first-order valence-corrected chi connectivity index (χ1v) is 9.16. The zero-order valence-electron chi connectivity index (χ0n) is 15.5. The van der Waals surface area contributed by atoms with Crippen molar-refractivity contribution in [2.75, 3.05) is 0 Å². The zero-order chi connectivity index (χ0) is 22.1. The highest BCUT2D eigenvalue weighted by Gasteiger charge is 2.36. The van der Waals surface area contributed by atoms with Crippen molar-refractivity contribution in [1.82, 2.24) is 10.2 Å². The standard InChI is InChI=1S/C20H12ClN3O7/c21-16-8-11(24(28)29)3-5-14(16)17-6-4-12(31-17)9-15-18(25)22-20(27)23(19(15)26)10-13-2-1-7-30-13/h1-9H,10H2,(H,22,25,27)/b15-9-. The molecule has 2 aromatic heterocycles. The Bertz CT molecular complexity index is 1240. The van der Waals surface area contributed by atoms with Gasteiger partial charge in [-0.1, -0.05) is 11.6 Å². The van der Waals surface area contributed by atoms with Crippen molar-refractivity contribution in [3.8, 4) is 11.3 Å². The number of imide groups is 2. The van der Waals surface area contributed by atoms with Gasteiger partial charge in [-0.25, -0.2) is 4.79 Å². The van der Waals surface area contributed by atoms with Crippen LogP contribution in [0.5, 0.6) is 0 Å². The van der Waals surface area contributed by atoms with E-state index in [2.05, 4.69) is 5.32 Å². The predicted molar refractivity (Wildman–Crippen MR) is 107 cm³/mol. The molecule has 10 nitrogen and oxygen atoms in total. The van der Waals surface area contributed by atoms with Crippen molar-refractivity contribution in [3.63, 3.8) is 0 Å². The third kappa shape index (κ3) is 3.96. The Balaban J connectivity index is 1.61. The summed E-state index contributed by atoms with van der Waals surface area (Å²) in [6.07, 6.45) is 2.60. The number of amides is 4. The maximum Gasteiger partial charge on any atom is 0.331 e. The fourth-order valence-electron chi connectivity index (χ4n) is 2.93. The molecule has 0 saturated carbocycles. The van der Waals surface area contributed by atoms with Crippen LogP contribution in [0.1, 0.15) is 11.5 Å². The highest BCUT2D eigenvalue weighted by molar-refractivity contribution is 6.33. The molecule has 1 aliphatic heterocycles. The quantitative estimate of drug-likeness (QED) is 0.275. The molecule has 0 unspecified atom stereocenters. The number of nitro benzene ring substituents is 1. The highest BCUT2D eigenvalue weighted by Crippen LogP contribution is 2.33. The lowest BCUT2D eigenvalue weighted by atomic mass is 10.1. The number of non-ortho nitro benzene ring substituents is 1. The second-order valence-electron chi connectivity index (χ2n) is 6.41. The van der Waals surface area contributed by atoms with E-state index in [1.54, 1.807) is 12.1 Å². The minimum atomic E-state index is -0.864. The average Bonchev–Trinajstić information content (AvgIpc) is 3.40. The molecule has 31 heavy (non-hydrogen) atoms. The first-order valence-electron chi connectivity index (χ1n) is 8.79. The summed E-state index contributed by atoms with van der Waals surface area (Å²) in [7, 11) is 0. The summed E-state index contributed by atoms with van der Waals surface area (Å²) in [5.74, 6) is -0.882. The molecular weight excluding hydrogens is 430 g/mol. The van der Waals surface area contributed by atoms with E-state index in [0.29, 0.717) is 11.3 Å². The lowest BCUT2D eigenvalue weighted by Crippen LogP contribution is -2.53. The van der Waals surface area contributed by atoms with Crippen molar-refractivity contribution < 1.29 is 28.1 Å². The van der Waals surface area contributed by atoms with Crippen LogP contribution in [0.3, 0.4) is 0 Å². The van der Waals surface area contributed by atoms with Crippen LogP contribution in [-0.2, 0) is 16.1 Å². The van der Waals surface area contributed by atoms with Gasteiger partial charge < -0.3 is 8.83 Å². The second kappa shape index (κ2) is 7.92. The molecular formula is C20H12ClN3O7. The highest BCUT2D eigenvalue weighted by atomic mass is 35.5. The van der Waals surface area contributed by atoms with E-state index in [1.165, 1.54) is 42.7 Å². The monoisotopic (exact) mass is 441 g/mol. The lowest BCUT2D eigenvalue weighted by Gasteiger charge is -2.25. The first kappa shape index (κ1) is 20.1. The van der Waals surface area contributed by atoms with Crippen LogP contribution in [0, 0.1) is 10.1 Å². The Labute approximate surface area is 178 Å². The smallest absolute Gasteiger partial charge is 0.331 e. The number of carbonyl (C=O) groups is 3. The Morgan fingerprint density at radius 1 is 1.16 bits per heavy atom. The SMILES string of the molecule is O=C1NC(=O)N(Cc2ccco2)C(=O)/C1=C\c1ccc(-c2ccc([N+](=O)[O-])cc2Cl)o1. The third-order valence-corrected chi connectivity index (χ3v) is 4.73. The molecule has 0 aliphatic carbocycles. The Kier molecular flexibility index (Phi) is 5.14. The number of rotatable bonds is 5. The molecule has 1 fully saturated rings. The number of barbiturate groups is 1. The van der Waals surface area contributed by atoms with Crippen molar-refractivity contribution >= 4 is 41.2 Å². The molecule has 1 aliphatic rings. The van der Waals surface area contributed by atoms with E-state index in [4.69, 9.17) is 20.4 Å². The maximum absolute atomic E-state index is 12.7. The number of hydrogen-bond acceptors (Lipinski definition) is 7. The van der Waals surface area contributed by atoms with Crippen LogP contribution in [-0.4, -0.2) is 27.7 Å². The van der Waals surface area contributed by atoms with E-state index in [9.17, 15) is 24.5 Å². The van der Waals surface area contributed by atoms with Crippen LogP contribution in [0.4, 0.5) is 10.5 Å². The molecule has 0 radical (unpaired) electrons. The number of furan rings is 2. The normalized spacial score (nSPS) is 15.5. The first-order chi connectivity index (χ1) is 14.8. The average molecular weight is 442 g/mol. The summed E-state index contributed by atoms with van der Waals surface area (Å²) in [5, 5.41) is 13.0. The second-order valence-corrected chi connectivity index (χ2v) is 6.82. The van der Waals surface area contributed by atoms with Crippen LogP contribution < -0.4 is 5.32 Å². The third-order valence-electron chi connectivity index (χ3n) is 4.42. The molecule has 156 valence electrons. The number of hydrogen-bond donors (Lipinski definition) is 1. The number of urea groups is 1. The minimum absolute atomic E-state index is 0.101. The van der Waals surface area contributed by atoms with Gasteiger partial charge in [0.25, 0.3) is 17.5 Å². The molecule has 11 heteroatoms. The van der Waals surface area contributed by atoms with Gasteiger partial charge in [0.1, 0.15) is 22.9 Å². The van der Waals surface area contributed by atoms with Gasteiger partial charge in [0.05, 0.1) is 22.8 Å². The van der Waals surface area contributed by atoms with Crippen LogP contribution in [0.15, 0.2) is 63.1 Å². The van der Waals surface area contributed by atoms with Crippen molar-refractivity contribution in [2.45, 2.75) is 6.54 Å². The van der Waals surface area contributed by atoms with Crippen molar-refractivity contribution in [1.29, 1.82) is 0 Å². The lowest BCUT2D eigenvalue weighted by molar-refractivity contribution is -0.384. The molecule has 0 spiro atoms. The Morgan fingerprint density at radius 3 is 2.65 bits per heavy atom. The van der Waals surface area contributed by atoms with Crippen molar-refractivity contribution in [3.05, 3.63) is 81.0 Å². The zero-order valence-corrected chi connectivity index (χ0v) is 16.3. The number of halogens is 1. The summed E-state index contributed by atoms with van der Waals surface area (Å²) >= 11 is 6.11. The largest absolute Gasteiger partial charge is 0.467 e. The Hall–Kier alpha value is -4.18. The van der Waals surface area contributed by atoms with Crippen LogP contribution >= 0.6 is 11.6 Å². The van der Waals surface area contributed by atoms with Crippen LogP contribution in [0.25, 0.3) is 17.4 Å². The Morgan fingerprint density at radius 2 is 1.97 bits per heavy atom. The van der Waals surface area contributed by atoms with E-state index in [1.807, 2.05) is 0 Å².